The number of ether oxygens (including phenoxy) is 5. The molecule has 0 aromatic heterocycles. The Hall–Kier alpha value is -4.79. The van der Waals surface area contributed by atoms with Crippen LogP contribution < -0.4 is 18.9 Å². The van der Waals surface area contributed by atoms with E-state index in [1.807, 2.05) is 48.5 Å². The van der Waals surface area contributed by atoms with Crippen LogP contribution in [0.3, 0.4) is 0 Å². The van der Waals surface area contributed by atoms with Gasteiger partial charge in [0.2, 0.25) is 0 Å². The van der Waals surface area contributed by atoms with Crippen molar-refractivity contribution in [1.29, 1.82) is 0 Å². The fourth-order valence-electron chi connectivity index (χ4n) is 5.44. The number of rotatable bonds is 9. The molecule has 218 valence electrons. The average Bonchev–Trinajstić information content (AvgIpc) is 3.44. The maximum absolute atomic E-state index is 13.6. The molecular weight excluding hydrogens is 536 g/mol. The first-order valence-electron chi connectivity index (χ1n) is 13.7. The van der Waals surface area contributed by atoms with Crippen LogP contribution in [0.1, 0.15) is 46.8 Å². The van der Waals surface area contributed by atoms with E-state index in [1.165, 1.54) is 31.4 Å². The van der Waals surface area contributed by atoms with E-state index in [-0.39, 0.29) is 17.5 Å². The van der Waals surface area contributed by atoms with Crippen LogP contribution >= 0.6 is 0 Å². The second-order valence-corrected chi connectivity index (χ2v) is 10.1. The Kier molecular flexibility index (Phi) is 8.76. The van der Waals surface area contributed by atoms with Gasteiger partial charge < -0.3 is 23.7 Å². The number of carbonyl (C=O) groups is 2. The molecule has 0 radical (unpaired) electrons. The Balaban J connectivity index is 1.42. The molecule has 9 heteroatoms. The van der Waals surface area contributed by atoms with Crippen molar-refractivity contribution in [2.45, 2.75) is 25.3 Å². The molecule has 1 fully saturated rings. The molecular formula is C33H34N2O7. The van der Waals surface area contributed by atoms with Crippen LogP contribution in [0.15, 0.2) is 77.4 Å². The van der Waals surface area contributed by atoms with Gasteiger partial charge in [-0.15, -0.1) is 0 Å². The summed E-state index contributed by atoms with van der Waals surface area (Å²) < 4.78 is 26.6. The lowest BCUT2D eigenvalue weighted by atomic mass is 9.77. The number of carbonyl (C=O) groups excluding carboxylic acids is 2. The van der Waals surface area contributed by atoms with E-state index < -0.39 is 18.5 Å². The van der Waals surface area contributed by atoms with Crippen molar-refractivity contribution in [3.05, 3.63) is 89.0 Å². The maximum Gasteiger partial charge on any atom is 0.338 e. The smallest absolute Gasteiger partial charge is 0.338 e. The number of fused-ring (bicyclic) bond motifs is 1. The minimum absolute atomic E-state index is 0.000981. The van der Waals surface area contributed by atoms with Gasteiger partial charge in [-0.1, -0.05) is 24.3 Å². The molecule has 1 saturated carbocycles. The Morgan fingerprint density at radius 1 is 0.833 bits per heavy atom. The van der Waals surface area contributed by atoms with Gasteiger partial charge >= 0.3 is 5.97 Å². The Morgan fingerprint density at radius 2 is 1.43 bits per heavy atom. The number of nitrogens with zero attached hydrogens (tertiary/aromatic N) is 2. The van der Waals surface area contributed by atoms with E-state index in [0.29, 0.717) is 11.5 Å². The van der Waals surface area contributed by atoms with Crippen molar-refractivity contribution in [3.8, 4) is 23.0 Å². The van der Waals surface area contributed by atoms with Gasteiger partial charge in [0.15, 0.2) is 6.61 Å². The lowest BCUT2D eigenvalue weighted by Crippen LogP contribution is -2.34. The molecule has 3 aromatic rings. The first kappa shape index (κ1) is 28.7. The molecule has 1 heterocycles. The number of benzene rings is 3. The van der Waals surface area contributed by atoms with E-state index in [9.17, 15) is 9.59 Å². The van der Waals surface area contributed by atoms with Gasteiger partial charge in [0.25, 0.3) is 5.91 Å². The van der Waals surface area contributed by atoms with Crippen molar-refractivity contribution in [2.24, 2.45) is 11.0 Å². The number of hydrogen-bond acceptors (Lipinski definition) is 8. The third kappa shape index (κ3) is 6.10. The van der Waals surface area contributed by atoms with Gasteiger partial charge in [-0.05, 0) is 78.4 Å². The number of esters is 1. The summed E-state index contributed by atoms with van der Waals surface area (Å²) in [4.78, 5) is 26.5. The Labute approximate surface area is 245 Å². The molecule has 1 aliphatic carbocycles. The lowest BCUT2D eigenvalue weighted by Gasteiger charge is -2.29. The summed E-state index contributed by atoms with van der Waals surface area (Å²) in [5.41, 5.74) is 4.16. The van der Waals surface area contributed by atoms with Crippen LogP contribution in [0, 0.1) is 5.92 Å². The molecule has 0 spiro atoms. The fourth-order valence-corrected chi connectivity index (χ4v) is 5.44. The second kappa shape index (κ2) is 12.8. The molecule has 5 rings (SSSR count). The maximum atomic E-state index is 13.6. The minimum atomic E-state index is -0.661. The summed E-state index contributed by atoms with van der Waals surface area (Å²) in [6.07, 6.45) is 4.82. The van der Waals surface area contributed by atoms with E-state index in [4.69, 9.17) is 28.8 Å². The van der Waals surface area contributed by atoms with Gasteiger partial charge in [0.1, 0.15) is 23.0 Å². The zero-order valence-corrected chi connectivity index (χ0v) is 24.2. The second-order valence-electron chi connectivity index (χ2n) is 10.1. The highest BCUT2D eigenvalue weighted by Crippen LogP contribution is 2.44. The highest BCUT2D eigenvalue weighted by atomic mass is 16.5. The summed E-state index contributed by atoms with van der Waals surface area (Å²) in [7, 11) is 6.25. The van der Waals surface area contributed by atoms with Crippen molar-refractivity contribution in [1.82, 2.24) is 5.01 Å². The summed E-state index contributed by atoms with van der Waals surface area (Å²) in [5.74, 6) is 1.32. The van der Waals surface area contributed by atoms with Crippen LogP contribution in [0.5, 0.6) is 23.0 Å². The number of hydrogen-bond donors (Lipinski definition) is 0. The van der Waals surface area contributed by atoms with Crippen LogP contribution in [0.25, 0.3) is 6.08 Å². The van der Waals surface area contributed by atoms with Gasteiger partial charge in [0.05, 0.1) is 45.8 Å². The Morgan fingerprint density at radius 3 is 2.02 bits per heavy atom. The Bertz CT molecular complexity index is 1470. The molecule has 42 heavy (non-hydrogen) atoms. The summed E-state index contributed by atoms with van der Waals surface area (Å²) in [6, 6.07) is 19.9. The highest BCUT2D eigenvalue weighted by molar-refractivity contribution is 6.08. The summed E-state index contributed by atoms with van der Waals surface area (Å²) in [6.45, 7) is -0.466. The largest absolute Gasteiger partial charge is 0.497 e. The number of hydrazone groups is 1. The number of amides is 1. The van der Waals surface area contributed by atoms with Crippen molar-refractivity contribution >= 4 is 23.7 Å². The first-order valence-corrected chi connectivity index (χ1v) is 13.7. The summed E-state index contributed by atoms with van der Waals surface area (Å²) in [5, 5.41) is 6.35. The molecule has 3 aromatic carbocycles. The zero-order valence-electron chi connectivity index (χ0n) is 24.2. The van der Waals surface area contributed by atoms with Crippen LogP contribution in [-0.2, 0) is 9.53 Å². The van der Waals surface area contributed by atoms with Crippen LogP contribution in [0.4, 0.5) is 0 Å². The molecule has 1 amide bonds. The van der Waals surface area contributed by atoms with E-state index in [2.05, 4.69) is 6.08 Å². The number of allylic oxidation sites excluding steroid dienone is 1. The molecule has 0 bridgehead atoms. The van der Waals surface area contributed by atoms with Crippen molar-refractivity contribution < 1.29 is 33.3 Å². The molecule has 2 aliphatic rings. The standard InChI is InChI=1S/C33H34N2O7/c1-38-25-12-8-21(9-13-25)16-23-6-5-7-29-31(23)34-35(32(29)22-10-14-26(39-2)15-11-22)30(36)20-42-33(37)24-17-27(40-3)19-28(18-24)41-4/h8-19,29,32H,5-7,20H2,1-4H3. The first-order chi connectivity index (χ1) is 20.4. The summed E-state index contributed by atoms with van der Waals surface area (Å²) >= 11 is 0. The quantitative estimate of drug-likeness (QED) is 0.305. The molecule has 1 aliphatic heterocycles. The predicted octanol–water partition coefficient (Wildman–Crippen LogP) is 5.70. The van der Waals surface area contributed by atoms with E-state index in [0.717, 1.165) is 53.2 Å². The van der Waals surface area contributed by atoms with Crippen molar-refractivity contribution in [3.63, 3.8) is 0 Å². The number of methoxy groups -OCH3 is 4. The average molecular weight is 571 g/mol. The predicted molar refractivity (Wildman–Crippen MR) is 158 cm³/mol. The molecule has 0 N–H and O–H groups in total. The zero-order chi connectivity index (χ0) is 29.6. The van der Waals surface area contributed by atoms with Crippen LogP contribution in [-0.4, -0.2) is 57.6 Å². The highest BCUT2D eigenvalue weighted by Gasteiger charge is 2.44. The molecule has 9 nitrogen and oxygen atoms in total. The van der Waals surface area contributed by atoms with Crippen LogP contribution in [0.2, 0.25) is 0 Å². The van der Waals surface area contributed by atoms with Gasteiger partial charge in [-0.2, -0.15) is 5.10 Å². The van der Waals surface area contributed by atoms with E-state index >= 15 is 0 Å². The third-order valence-electron chi connectivity index (χ3n) is 7.58. The molecule has 0 saturated heterocycles. The fraction of sp³-hybridized carbons (Fsp3) is 0.303. The van der Waals surface area contributed by atoms with Gasteiger partial charge in [-0.25, -0.2) is 9.80 Å². The van der Waals surface area contributed by atoms with Crippen molar-refractivity contribution in [2.75, 3.05) is 35.0 Å². The molecule has 2 atom stereocenters. The SMILES string of the molecule is COc1ccc(C=C2CCCC3C2=NN(C(=O)COC(=O)c2cc(OC)cc(OC)c2)C3c2ccc(OC)cc2)cc1. The molecule has 2 unspecified atom stereocenters. The minimum Gasteiger partial charge on any atom is -0.497 e. The van der Waals surface area contributed by atoms with E-state index in [1.54, 1.807) is 20.3 Å². The normalized spacial score (nSPS) is 18.6. The lowest BCUT2D eigenvalue weighted by molar-refractivity contribution is -0.137. The van der Waals surface area contributed by atoms with Gasteiger partial charge in [-0.3, -0.25) is 4.79 Å². The topological polar surface area (TPSA) is 95.9 Å². The van der Waals surface area contributed by atoms with Gasteiger partial charge in [0, 0.05) is 12.0 Å². The monoisotopic (exact) mass is 570 g/mol. The third-order valence-corrected chi connectivity index (χ3v) is 7.58.